The number of ether oxygens (including phenoxy) is 1. The Morgan fingerprint density at radius 3 is 2.68 bits per heavy atom. The Hall–Kier alpha value is -1.65. The minimum Gasteiger partial charge on any atom is -0.465 e. The number of hydrogen-bond acceptors (Lipinski definition) is 3. The van der Waals surface area contributed by atoms with Gasteiger partial charge in [-0.25, -0.2) is 9.18 Å². The van der Waals surface area contributed by atoms with Crippen LogP contribution in [0, 0.1) is 5.82 Å². The van der Waals surface area contributed by atoms with Crippen LogP contribution in [0.1, 0.15) is 10.4 Å². The van der Waals surface area contributed by atoms with E-state index in [0.717, 1.165) is 6.20 Å². The summed E-state index contributed by atoms with van der Waals surface area (Å²) >= 11 is 11.8. The number of carbonyl (C=O) groups is 1. The first-order valence-corrected chi connectivity index (χ1v) is 5.98. The Morgan fingerprint density at radius 2 is 2.05 bits per heavy atom. The monoisotopic (exact) mass is 299 g/mol. The van der Waals surface area contributed by atoms with E-state index in [4.69, 9.17) is 23.2 Å². The number of esters is 1. The zero-order chi connectivity index (χ0) is 14.0. The van der Waals surface area contributed by atoms with Crippen molar-refractivity contribution in [1.82, 2.24) is 4.98 Å². The molecule has 0 bridgehead atoms. The lowest BCUT2D eigenvalue weighted by Gasteiger charge is -2.06. The number of hydrogen-bond donors (Lipinski definition) is 0. The fraction of sp³-hybridized carbons (Fsp3) is 0.0769. The summed E-state index contributed by atoms with van der Waals surface area (Å²) in [4.78, 5) is 15.3. The Kier molecular flexibility index (Phi) is 4.02. The van der Waals surface area contributed by atoms with Gasteiger partial charge in [-0.1, -0.05) is 23.2 Å². The van der Waals surface area contributed by atoms with Gasteiger partial charge in [0.15, 0.2) is 5.82 Å². The summed E-state index contributed by atoms with van der Waals surface area (Å²) < 4.78 is 18.0. The fourth-order valence-corrected chi connectivity index (χ4v) is 2.05. The molecule has 0 N–H and O–H groups in total. The van der Waals surface area contributed by atoms with Gasteiger partial charge in [-0.3, -0.25) is 4.98 Å². The van der Waals surface area contributed by atoms with Gasteiger partial charge in [-0.15, -0.1) is 0 Å². The molecule has 6 heteroatoms. The summed E-state index contributed by atoms with van der Waals surface area (Å²) in [6.07, 6.45) is 0.951. The number of pyridine rings is 1. The van der Waals surface area contributed by atoms with E-state index < -0.39 is 11.8 Å². The predicted molar refractivity (Wildman–Crippen MR) is 71.0 cm³/mol. The van der Waals surface area contributed by atoms with Crippen molar-refractivity contribution in [2.45, 2.75) is 0 Å². The molecule has 3 nitrogen and oxygen atoms in total. The van der Waals surface area contributed by atoms with Crippen LogP contribution in [0.5, 0.6) is 0 Å². The molecule has 0 saturated heterocycles. The van der Waals surface area contributed by atoms with Gasteiger partial charge in [0.25, 0.3) is 0 Å². The van der Waals surface area contributed by atoms with Crippen LogP contribution in [-0.2, 0) is 4.74 Å². The van der Waals surface area contributed by atoms with Crippen LogP contribution in [0.25, 0.3) is 11.3 Å². The van der Waals surface area contributed by atoms with Crippen molar-refractivity contribution in [1.29, 1.82) is 0 Å². The quantitative estimate of drug-likeness (QED) is 0.787. The molecular formula is C13H8Cl2FNO2. The third kappa shape index (κ3) is 2.85. The van der Waals surface area contributed by atoms with Crippen LogP contribution in [0.3, 0.4) is 0 Å². The van der Waals surface area contributed by atoms with Crippen molar-refractivity contribution in [3.8, 4) is 11.3 Å². The average Bonchev–Trinajstić information content (AvgIpc) is 2.39. The van der Waals surface area contributed by atoms with Crippen molar-refractivity contribution in [3.05, 3.63) is 51.9 Å². The number of methoxy groups -OCH3 is 1. The van der Waals surface area contributed by atoms with Gasteiger partial charge in [0, 0.05) is 10.6 Å². The number of rotatable bonds is 2. The first kappa shape index (κ1) is 13.8. The van der Waals surface area contributed by atoms with Gasteiger partial charge in [-0.05, 0) is 24.3 Å². The van der Waals surface area contributed by atoms with Crippen LogP contribution in [0.15, 0.2) is 30.5 Å². The Bertz CT molecular complexity index is 647. The van der Waals surface area contributed by atoms with Crippen LogP contribution < -0.4 is 0 Å². The lowest BCUT2D eigenvalue weighted by atomic mass is 10.1. The normalized spacial score (nSPS) is 10.3. The smallest absolute Gasteiger partial charge is 0.340 e. The highest BCUT2D eigenvalue weighted by Crippen LogP contribution is 2.29. The van der Waals surface area contributed by atoms with Gasteiger partial charge < -0.3 is 4.74 Å². The SMILES string of the molecule is COC(=O)c1cc(-c2ccc(Cl)cc2Cl)ncc1F. The first-order chi connectivity index (χ1) is 9.02. The van der Waals surface area contributed by atoms with E-state index in [2.05, 4.69) is 9.72 Å². The molecule has 1 heterocycles. The van der Waals surface area contributed by atoms with Crippen LogP contribution in [0.4, 0.5) is 4.39 Å². The highest BCUT2D eigenvalue weighted by atomic mass is 35.5. The van der Waals surface area contributed by atoms with E-state index in [1.54, 1.807) is 18.2 Å². The highest BCUT2D eigenvalue weighted by molar-refractivity contribution is 6.36. The predicted octanol–water partition coefficient (Wildman–Crippen LogP) is 3.98. The third-order valence-electron chi connectivity index (χ3n) is 2.47. The number of halogens is 3. The van der Waals surface area contributed by atoms with Crippen LogP contribution in [0.2, 0.25) is 10.0 Å². The Morgan fingerprint density at radius 1 is 1.32 bits per heavy atom. The molecule has 1 aromatic carbocycles. The fourth-order valence-electron chi connectivity index (χ4n) is 1.55. The molecule has 0 atom stereocenters. The largest absolute Gasteiger partial charge is 0.465 e. The van der Waals surface area contributed by atoms with Crippen molar-refractivity contribution >= 4 is 29.2 Å². The summed E-state index contributed by atoms with van der Waals surface area (Å²) in [6.45, 7) is 0. The maximum atomic E-state index is 13.5. The minimum atomic E-state index is -0.772. The zero-order valence-electron chi connectivity index (χ0n) is 9.78. The molecule has 0 unspecified atom stereocenters. The molecule has 0 aliphatic heterocycles. The molecular weight excluding hydrogens is 292 g/mol. The van der Waals surface area contributed by atoms with E-state index in [9.17, 15) is 9.18 Å². The first-order valence-electron chi connectivity index (χ1n) is 5.22. The third-order valence-corrected chi connectivity index (χ3v) is 3.02. The molecule has 0 radical (unpaired) electrons. The molecule has 0 saturated carbocycles. The summed E-state index contributed by atoms with van der Waals surface area (Å²) in [6, 6.07) is 6.11. The maximum Gasteiger partial charge on any atom is 0.340 e. The minimum absolute atomic E-state index is 0.196. The Balaban J connectivity index is 2.54. The summed E-state index contributed by atoms with van der Waals surface area (Å²) in [5.41, 5.74) is 0.721. The molecule has 0 aliphatic carbocycles. The standard InChI is InChI=1S/C13H8Cl2FNO2/c1-19-13(18)9-5-12(17-6-11(9)16)8-3-2-7(14)4-10(8)15/h2-6H,1H3. The second kappa shape index (κ2) is 5.55. The molecule has 1 aromatic heterocycles. The molecule has 0 amide bonds. The van der Waals surface area contributed by atoms with Crippen LogP contribution in [-0.4, -0.2) is 18.1 Å². The lowest BCUT2D eigenvalue weighted by molar-refractivity contribution is 0.0595. The van der Waals surface area contributed by atoms with Gasteiger partial charge >= 0.3 is 5.97 Å². The highest BCUT2D eigenvalue weighted by Gasteiger charge is 2.15. The number of nitrogens with zero attached hydrogens (tertiary/aromatic N) is 1. The van der Waals surface area contributed by atoms with Gasteiger partial charge in [0.05, 0.1) is 29.6 Å². The number of benzene rings is 1. The molecule has 98 valence electrons. The molecule has 19 heavy (non-hydrogen) atoms. The van der Waals surface area contributed by atoms with E-state index in [1.807, 2.05) is 0 Å². The summed E-state index contributed by atoms with van der Waals surface area (Å²) in [5.74, 6) is -1.52. The lowest BCUT2D eigenvalue weighted by Crippen LogP contribution is -2.05. The molecule has 2 rings (SSSR count). The number of carbonyl (C=O) groups excluding carboxylic acids is 1. The van der Waals surface area contributed by atoms with Crippen molar-refractivity contribution in [3.63, 3.8) is 0 Å². The maximum absolute atomic E-state index is 13.5. The van der Waals surface area contributed by atoms with E-state index in [0.29, 0.717) is 21.3 Å². The molecule has 0 spiro atoms. The van der Waals surface area contributed by atoms with E-state index >= 15 is 0 Å². The molecule has 2 aromatic rings. The molecule has 0 aliphatic rings. The number of aromatic nitrogens is 1. The van der Waals surface area contributed by atoms with Gasteiger partial charge in [-0.2, -0.15) is 0 Å². The second-order valence-electron chi connectivity index (χ2n) is 3.67. The second-order valence-corrected chi connectivity index (χ2v) is 4.51. The Labute approximate surface area is 118 Å². The summed E-state index contributed by atoms with van der Waals surface area (Å²) in [7, 11) is 1.18. The summed E-state index contributed by atoms with van der Waals surface area (Å²) in [5, 5.41) is 0.839. The van der Waals surface area contributed by atoms with Crippen molar-refractivity contribution in [2.24, 2.45) is 0 Å². The topological polar surface area (TPSA) is 39.2 Å². The van der Waals surface area contributed by atoms with Crippen molar-refractivity contribution < 1.29 is 13.9 Å². The average molecular weight is 300 g/mol. The van der Waals surface area contributed by atoms with E-state index in [-0.39, 0.29) is 5.56 Å². The van der Waals surface area contributed by atoms with E-state index in [1.165, 1.54) is 13.2 Å². The zero-order valence-corrected chi connectivity index (χ0v) is 11.3. The van der Waals surface area contributed by atoms with Gasteiger partial charge in [0.2, 0.25) is 0 Å². The van der Waals surface area contributed by atoms with Crippen LogP contribution >= 0.6 is 23.2 Å². The van der Waals surface area contributed by atoms with Crippen molar-refractivity contribution in [2.75, 3.05) is 7.11 Å². The molecule has 0 fully saturated rings. The van der Waals surface area contributed by atoms with Gasteiger partial charge in [0.1, 0.15) is 0 Å².